The van der Waals surface area contributed by atoms with Crippen LogP contribution < -0.4 is 0 Å². The summed E-state index contributed by atoms with van der Waals surface area (Å²) in [6.07, 6.45) is 4.75. The lowest BCUT2D eigenvalue weighted by atomic mass is 9.85. The molecule has 1 aliphatic heterocycles. The van der Waals surface area contributed by atoms with E-state index in [2.05, 4.69) is 25.7 Å². The third-order valence-corrected chi connectivity index (χ3v) is 4.22. The Balaban J connectivity index is 2.02. The van der Waals surface area contributed by atoms with E-state index in [0.29, 0.717) is 12.0 Å². The summed E-state index contributed by atoms with van der Waals surface area (Å²) in [6, 6.07) is 1.38. The predicted octanol–water partition coefficient (Wildman–Crippen LogP) is 2.02. The van der Waals surface area contributed by atoms with Crippen molar-refractivity contribution in [3.63, 3.8) is 0 Å². The molecule has 2 rings (SSSR count). The van der Waals surface area contributed by atoms with Gasteiger partial charge in [-0.2, -0.15) is 0 Å². The Kier molecular flexibility index (Phi) is 2.61. The molecule has 82 valence electrons. The van der Waals surface area contributed by atoms with E-state index >= 15 is 0 Å². The van der Waals surface area contributed by atoms with Crippen molar-refractivity contribution in [2.45, 2.75) is 64.1 Å². The average molecular weight is 197 g/mol. The van der Waals surface area contributed by atoms with E-state index in [1.807, 2.05) is 0 Å². The Hall–Kier alpha value is -0.0800. The quantitative estimate of drug-likeness (QED) is 0.748. The van der Waals surface area contributed by atoms with Gasteiger partial charge in [0.25, 0.3) is 0 Å². The van der Waals surface area contributed by atoms with Gasteiger partial charge in [-0.3, -0.25) is 4.90 Å². The van der Waals surface area contributed by atoms with Gasteiger partial charge in [0.2, 0.25) is 0 Å². The lowest BCUT2D eigenvalue weighted by molar-refractivity contribution is -0.00429. The number of hydrogen-bond acceptors (Lipinski definition) is 2. The summed E-state index contributed by atoms with van der Waals surface area (Å²) in [5.74, 6) is 0.439. The normalized spacial score (nSPS) is 41.6. The van der Waals surface area contributed by atoms with Crippen molar-refractivity contribution >= 4 is 0 Å². The van der Waals surface area contributed by atoms with Crippen molar-refractivity contribution in [1.82, 2.24) is 4.90 Å². The van der Waals surface area contributed by atoms with Gasteiger partial charge >= 0.3 is 0 Å². The number of rotatable bonds is 3. The van der Waals surface area contributed by atoms with Crippen LogP contribution >= 0.6 is 0 Å². The largest absolute Gasteiger partial charge is 0.388 e. The molecule has 2 fully saturated rings. The molecular formula is C12H23NO. The fourth-order valence-corrected chi connectivity index (χ4v) is 2.80. The monoisotopic (exact) mass is 197 g/mol. The van der Waals surface area contributed by atoms with Gasteiger partial charge in [0, 0.05) is 18.6 Å². The predicted molar refractivity (Wildman–Crippen MR) is 58.2 cm³/mol. The molecule has 1 heterocycles. The van der Waals surface area contributed by atoms with E-state index in [4.69, 9.17) is 0 Å². The van der Waals surface area contributed by atoms with Crippen LogP contribution in [-0.2, 0) is 0 Å². The van der Waals surface area contributed by atoms with Crippen molar-refractivity contribution in [2.24, 2.45) is 5.92 Å². The van der Waals surface area contributed by atoms with Gasteiger partial charge in [0.15, 0.2) is 0 Å². The Morgan fingerprint density at radius 1 is 1.50 bits per heavy atom. The van der Waals surface area contributed by atoms with Crippen molar-refractivity contribution < 1.29 is 5.11 Å². The van der Waals surface area contributed by atoms with E-state index in [1.165, 1.54) is 12.8 Å². The molecule has 0 aromatic rings. The topological polar surface area (TPSA) is 23.5 Å². The average Bonchev–Trinajstić information content (AvgIpc) is 2.92. The third kappa shape index (κ3) is 1.70. The zero-order chi connectivity index (χ0) is 10.3. The second-order valence-electron chi connectivity index (χ2n) is 5.37. The zero-order valence-corrected chi connectivity index (χ0v) is 9.66. The van der Waals surface area contributed by atoms with Crippen LogP contribution in [0.5, 0.6) is 0 Å². The second-order valence-corrected chi connectivity index (χ2v) is 5.37. The molecule has 3 unspecified atom stereocenters. The van der Waals surface area contributed by atoms with Crippen LogP contribution in [0.1, 0.15) is 46.5 Å². The summed E-state index contributed by atoms with van der Waals surface area (Å²) in [5, 5.41) is 10.5. The summed E-state index contributed by atoms with van der Waals surface area (Å²) >= 11 is 0. The molecular weight excluding hydrogens is 174 g/mol. The van der Waals surface area contributed by atoms with Crippen LogP contribution in [0.25, 0.3) is 0 Å². The van der Waals surface area contributed by atoms with Gasteiger partial charge < -0.3 is 5.11 Å². The molecule has 2 aliphatic rings. The van der Waals surface area contributed by atoms with Crippen LogP contribution in [0.4, 0.5) is 0 Å². The van der Waals surface area contributed by atoms with E-state index in [-0.39, 0.29) is 0 Å². The maximum absolute atomic E-state index is 10.5. The lowest BCUT2D eigenvalue weighted by Gasteiger charge is -2.29. The van der Waals surface area contributed by atoms with Crippen molar-refractivity contribution in [3.8, 4) is 0 Å². The Morgan fingerprint density at radius 2 is 2.14 bits per heavy atom. The second kappa shape index (κ2) is 3.49. The number of hydrogen-bond donors (Lipinski definition) is 1. The smallest absolute Gasteiger partial charge is 0.0814 e. The van der Waals surface area contributed by atoms with Crippen LogP contribution in [0.15, 0.2) is 0 Å². The molecule has 0 spiro atoms. The Labute approximate surface area is 87.3 Å². The lowest BCUT2D eigenvalue weighted by Crippen LogP contribution is -2.39. The molecule has 1 aliphatic carbocycles. The van der Waals surface area contributed by atoms with Gasteiger partial charge in [0.1, 0.15) is 0 Å². The summed E-state index contributed by atoms with van der Waals surface area (Å²) in [5.41, 5.74) is -0.406. The molecule has 1 saturated heterocycles. The maximum Gasteiger partial charge on any atom is 0.0814 e. The van der Waals surface area contributed by atoms with E-state index in [1.54, 1.807) is 0 Å². The number of nitrogens with zero attached hydrogens (tertiary/aromatic N) is 1. The first-order valence-electron chi connectivity index (χ1n) is 6.05. The van der Waals surface area contributed by atoms with Crippen molar-refractivity contribution in [1.29, 1.82) is 0 Å². The standard InChI is InChI=1S/C12H23NO/c1-4-9(2)12(14)7-10(3)13(8-12)11-5-6-11/h9-11,14H,4-8H2,1-3H3. The SMILES string of the molecule is CCC(C)C1(O)CC(C)N(C2CC2)C1. The first kappa shape index (κ1) is 10.4. The molecule has 0 amide bonds. The summed E-state index contributed by atoms with van der Waals surface area (Å²) in [6.45, 7) is 7.53. The van der Waals surface area contributed by atoms with Crippen molar-refractivity contribution in [2.75, 3.05) is 6.54 Å². The number of likely N-dealkylation sites (tertiary alicyclic amines) is 1. The van der Waals surface area contributed by atoms with Gasteiger partial charge in [-0.1, -0.05) is 20.3 Å². The highest BCUT2D eigenvalue weighted by atomic mass is 16.3. The first-order valence-corrected chi connectivity index (χ1v) is 6.05. The molecule has 1 N–H and O–H groups in total. The highest BCUT2D eigenvalue weighted by molar-refractivity contribution is 5.02. The van der Waals surface area contributed by atoms with Gasteiger partial charge in [0.05, 0.1) is 5.60 Å². The minimum atomic E-state index is -0.406. The van der Waals surface area contributed by atoms with Crippen LogP contribution in [0.3, 0.4) is 0 Å². The zero-order valence-electron chi connectivity index (χ0n) is 9.66. The highest BCUT2D eigenvalue weighted by Crippen LogP contribution is 2.40. The summed E-state index contributed by atoms with van der Waals surface area (Å²) in [4.78, 5) is 2.52. The fourth-order valence-electron chi connectivity index (χ4n) is 2.80. The number of β-amino-alcohol motifs (C(OH)–C–C–N with tert-alkyl or cyclic N) is 1. The number of aliphatic hydroxyl groups is 1. The first-order chi connectivity index (χ1) is 6.57. The molecule has 1 saturated carbocycles. The molecule has 0 radical (unpaired) electrons. The molecule has 2 heteroatoms. The molecule has 0 aromatic carbocycles. The molecule has 0 aromatic heterocycles. The third-order valence-electron chi connectivity index (χ3n) is 4.22. The minimum absolute atomic E-state index is 0.406. The Bertz CT molecular complexity index is 214. The molecule has 2 nitrogen and oxygen atoms in total. The van der Waals surface area contributed by atoms with E-state index < -0.39 is 5.60 Å². The van der Waals surface area contributed by atoms with Crippen LogP contribution in [0, 0.1) is 5.92 Å². The van der Waals surface area contributed by atoms with E-state index in [9.17, 15) is 5.11 Å². The maximum atomic E-state index is 10.5. The van der Waals surface area contributed by atoms with Crippen molar-refractivity contribution in [3.05, 3.63) is 0 Å². The fraction of sp³-hybridized carbons (Fsp3) is 1.00. The van der Waals surface area contributed by atoms with Crippen LogP contribution in [-0.4, -0.2) is 34.2 Å². The Morgan fingerprint density at radius 3 is 2.64 bits per heavy atom. The highest BCUT2D eigenvalue weighted by Gasteiger charge is 2.47. The van der Waals surface area contributed by atoms with E-state index in [0.717, 1.165) is 25.4 Å². The molecule has 14 heavy (non-hydrogen) atoms. The molecule has 3 atom stereocenters. The van der Waals surface area contributed by atoms with Gasteiger partial charge in [-0.25, -0.2) is 0 Å². The molecule has 0 bridgehead atoms. The van der Waals surface area contributed by atoms with Gasteiger partial charge in [-0.05, 0) is 32.1 Å². The van der Waals surface area contributed by atoms with Gasteiger partial charge in [-0.15, -0.1) is 0 Å². The summed E-state index contributed by atoms with van der Waals surface area (Å²) < 4.78 is 0. The minimum Gasteiger partial charge on any atom is -0.388 e. The van der Waals surface area contributed by atoms with Crippen LogP contribution in [0.2, 0.25) is 0 Å². The summed E-state index contributed by atoms with van der Waals surface area (Å²) in [7, 11) is 0.